The normalized spacial score (nSPS) is 18.8. The molecule has 104 valence electrons. The number of rotatable bonds is 2. The Labute approximate surface area is 113 Å². The van der Waals surface area contributed by atoms with Gasteiger partial charge in [0.1, 0.15) is 0 Å². The second-order valence-corrected chi connectivity index (χ2v) is 4.62. The number of aromatic amines is 1. The second kappa shape index (κ2) is 4.52. The van der Waals surface area contributed by atoms with Gasteiger partial charge in [0.2, 0.25) is 5.91 Å². The van der Waals surface area contributed by atoms with Crippen molar-refractivity contribution in [1.82, 2.24) is 4.98 Å². The van der Waals surface area contributed by atoms with Gasteiger partial charge in [0.15, 0.2) is 5.58 Å². The number of benzene rings is 1. The average Bonchev–Trinajstić information content (AvgIpc) is 2.98. The molecular weight excluding hydrogens is 264 g/mol. The van der Waals surface area contributed by atoms with Crippen LogP contribution in [0.2, 0.25) is 0 Å². The highest BCUT2D eigenvalue weighted by Crippen LogP contribution is 2.27. The van der Waals surface area contributed by atoms with Gasteiger partial charge in [0, 0.05) is 18.7 Å². The van der Waals surface area contributed by atoms with Crippen LogP contribution < -0.4 is 10.7 Å². The van der Waals surface area contributed by atoms with E-state index in [1.807, 2.05) is 0 Å². The number of nitrogens with zero attached hydrogens (tertiary/aromatic N) is 1. The Morgan fingerprint density at radius 2 is 2.25 bits per heavy atom. The average molecular weight is 276 g/mol. The number of carbonyl (C=O) groups excluding carboxylic acids is 2. The molecule has 0 bridgehead atoms. The number of anilines is 1. The lowest BCUT2D eigenvalue weighted by atomic mass is 10.1. The van der Waals surface area contributed by atoms with Crippen LogP contribution in [0.25, 0.3) is 11.1 Å². The fourth-order valence-corrected chi connectivity index (χ4v) is 2.39. The minimum atomic E-state index is -0.544. The molecule has 0 aliphatic carbocycles. The number of carbonyl (C=O) groups is 2. The smallest absolute Gasteiger partial charge is 0.417 e. The standard InChI is InChI=1S/C13H12N2O5/c1-19-12(17)7-4-11(16)15(6-7)8-2-3-10-9(5-8)14-13(18)20-10/h2-3,5,7H,4,6H2,1H3,(H,14,18). The summed E-state index contributed by atoms with van der Waals surface area (Å²) in [4.78, 5) is 38.6. The molecule has 0 radical (unpaired) electrons. The first-order valence-corrected chi connectivity index (χ1v) is 6.09. The molecule has 0 spiro atoms. The topological polar surface area (TPSA) is 92.6 Å². The summed E-state index contributed by atoms with van der Waals surface area (Å²) < 4.78 is 9.56. The summed E-state index contributed by atoms with van der Waals surface area (Å²) in [6.45, 7) is 0.277. The molecule has 0 saturated carbocycles. The summed E-state index contributed by atoms with van der Waals surface area (Å²) in [6, 6.07) is 4.94. The van der Waals surface area contributed by atoms with E-state index in [1.54, 1.807) is 18.2 Å². The Morgan fingerprint density at radius 1 is 1.45 bits per heavy atom. The van der Waals surface area contributed by atoms with E-state index in [0.29, 0.717) is 16.8 Å². The monoisotopic (exact) mass is 276 g/mol. The summed E-state index contributed by atoms with van der Waals surface area (Å²) in [7, 11) is 1.30. The Bertz CT molecular complexity index is 745. The van der Waals surface area contributed by atoms with E-state index in [9.17, 15) is 14.4 Å². The van der Waals surface area contributed by atoms with E-state index in [-0.39, 0.29) is 18.9 Å². The fourth-order valence-electron chi connectivity index (χ4n) is 2.39. The highest BCUT2D eigenvalue weighted by molar-refractivity contribution is 6.00. The van der Waals surface area contributed by atoms with Crippen LogP contribution in [0.3, 0.4) is 0 Å². The van der Waals surface area contributed by atoms with Crippen LogP contribution in [0.1, 0.15) is 6.42 Å². The third kappa shape index (κ3) is 1.97. The van der Waals surface area contributed by atoms with Crippen molar-refractivity contribution in [3.05, 3.63) is 28.7 Å². The van der Waals surface area contributed by atoms with Crippen LogP contribution in [-0.4, -0.2) is 30.5 Å². The van der Waals surface area contributed by atoms with Gasteiger partial charge in [-0.25, -0.2) is 4.79 Å². The van der Waals surface area contributed by atoms with E-state index in [1.165, 1.54) is 12.0 Å². The van der Waals surface area contributed by atoms with Crippen molar-refractivity contribution in [3.8, 4) is 0 Å². The van der Waals surface area contributed by atoms with Crippen LogP contribution in [0.5, 0.6) is 0 Å². The maximum Gasteiger partial charge on any atom is 0.417 e. The largest absolute Gasteiger partial charge is 0.469 e. The predicted molar refractivity (Wildman–Crippen MR) is 69.3 cm³/mol. The number of fused-ring (bicyclic) bond motifs is 1. The summed E-state index contributed by atoms with van der Waals surface area (Å²) in [5.41, 5.74) is 1.56. The Balaban J connectivity index is 1.92. The molecule has 1 amide bonds. The minimum absolute atomic E-state index is 0.132. The van der Waals surface area contributed by atoms with Crippen LogP contribution in [-0.2, 0) is 14.3 Å². The summed E-state index contributed by atoms with van der Waals surface area (Å²) in [5.74, 6) is -1.53. The summed E-state index contributed by atoms with van der Waals surface area (Å²) >= 11 is 0. The van der Waals surface area contributed by atoms with E-state index in [2.05, 4.69) is 9.72 Å². The van der Waals surface area contributed by atoms with Gasteiger partial charge in [0.05, 0.1) is 18.5 Å². The molecule has 20 heavy (non-hydrogen) atoms. The van der Waals surface area contributed by atoms with Gasteiger partial charge >= 0.3 is 11.7 Å². The molecular formula is C13H12N2O5. The molecule has 3 rings (SSSR count). The number of esters is 1. The predicted octanol–water partition coefficient (Wildman–Crippen LogP) is 0.647. The third-order valence-corrected chi connectivity index (χ3v) is 3.37. The van der Waals surface area contributed by atoms with Crippen LogP contribution in [0.4, 0.5) is 5.69 Å². The number of hydrogen-bond acceptors (Lipinski definition) is 5. The molecule has 2 heterocycles. The number of H-pyrrole nitrogens is 1. The molecule has 7 nitrogen and oxygen atoms in total. The van der Waals surface area contributed by atoms with E-state index in [0.717, 1.165) is 0 Å². The number of oxazole rings is 1. The van der Waals surface area contributed by atoms with Gasteiger partial charge in [-0.05, 0) is 18.2 Å². The number of aromatic nitrogens is 1. The lowest BCUT2D eigenvalue weighted by molar-refractivity contribution is -0.145. The molecule has 1 unspecified atom stereocenters. The van der Waals surface area contributed by atoms with Gasteiger partial charge in [0.25, 0.3) is 0 Å². The zero-order valence-corrected chi connectivity index (χ0v) is 10.7. The molecule has 1 aromatic carbocycles. The van der Waals surface area contributed by atoms with Gasteiger partial charge in [-0.2, -0.15) is 0 Å². The first kappa shape index (κ1) is 12.5. The Hall–Kier alpha value is -2.57. The maximum atomic E-state index is 12.0. The number of methoxy groups -OCH3 is 1. The minimum Gasteiger partial charge on any atom is -0.469 e. The summed E-state index contributed by atoms with van der Waals surface area (Å²) in [6.07, 6.45) is 0.132. The molecule has 2 aromatic rings. The number of nitrogens with one attached hydrogen (secondary N) is 1. The Morgan fingerprint density at radius 3 is 3.00 bits per heavy atom. The molecule has 1 N–H and O–H groups in total. The van der Waals surface area contributed by atoms with Gasteiger partial charge in [-0.1, -0.05) is 0 Å². The SMILES string of the molecule is COC(=O)C1CC(=O)N(c2ccc3oc(=O)[nH]c3c2)C1. The molecule has 1 atom stereocenters. The molecule has 1 fully saturated rings. The van der Waals surface area contributed by atoms with Crippen molar-refractivity contribution in [2.24, 2.45) is 5.92 Å². The lowest BCUT2D eigenvalue weighted by Crippen LogP contribution is -2.26. The van der Waals surface area contributed by atoms with E-state index >= 15 is 0 Å². The maximum absolute atomic E-state index is 12.0. The van der Waals surface area contributed by atoms with Gasteiger partial charge in [-0.3, -0.25) is 14.6 Å². The first-order valence-electron chi connectivity index (χ1n) is 6.09. The number of ether oxygens (including phenoxy) is 1. The van der Waals surface area contributed by atoms with Gasteiger partial charge < -0.3 is 14.1 Å². The van der Waals surface area contributed by atoms with E-state index in [4.69, 9.17) is 4.42 Å². The fraction of sp³-hybridized carbons (Fsp3) is 0.308. The third-order valence-electron chi connectivity index (χ3n) is 3.37. The van der Waals surface area contributed by atoms with Crippen molar-refractivity contribution in [1.29, 1.82) is 0 Å². The highest BCUT2D eigenvalue weighted by atomic mass is 16.5. The molecule has 1 aliphatic heterocycles. The second-order valence-electron chi connectivity index (χ2n) is 4.62. The van der Waals surface area contributed by atoms with Crippen molar-refractivity contribution >= 4 is 28.7 Å². The summed E-state index contributed by atoms with van der Waals surface area (Å²) in [5, 5.41) is 0. The zero-order chi connectivity index (χ0) is 14.3. The Kier molecular flexibility index (Phi) is 2.81. The molecule has 1 aliphatic rings. The molecule has 1 aromatic heterocycles. The molecule has 7 heteroatoms. The van der Waals surface area contributed by atoms with E-state index < -0.39 is 17.6 Å². The zero-order valence-electron chi connectivity index (χ0n) is 10.7. The lowest BCUT2D eigenvalue weighted by Gasteiger charge is -2.16. The number of amides is 1. The molecule has 1 saturated heterocycles. The van der Waals surface area contributed by atoms with Crippen LogP contribution >= 0.6 is 0 Å². The van der Waals surface area contributed by atoms with Crippen molar-refractivity contribution in [2.75, 3.05) is 18.6 Å². The quantitative estimate of drug-likeness (QED) is 0.813. The van der Waals surface area contributed by atoms with Crippen LogP contribution in [0, 0.1) is 5.92 Å². The number of hydrogen-bond donors (Lipinski definition) is 1. The van der Waals surface area contributed by atoms with Crippen molar-refractivity contribution in [3.63, 3.8) is 0 Å². The highest BCUT2D eigenvalue weighted by Gasteiger charge is 2.35. The van der Waals surface area contributed by atoms with Crippen molar-refractivity contribution in [2.45, 2.75) is 6.42 Å². The van der Waals surface area contributed by atoms with Gasteiger partial charge in [-0.15, -0.1) is 0 Å². The van der Waals surface area contributed by atoms with Crippen molar-refractivity contribution < 1.29 is 18.7 Å². The van der Waals surface area contributed by atoms with Crippen LogP contribution in [0.15, 0.2) is 27.4 Å². The first-order chi connectivity index (χ1) is 9.58.